The molecule has 1 heterocycles. The van der Waals surface area contributed by atoms with Crippen LogP contribution >= 0.6 is 0 Å². The first-order chi connectivity index (χ1) is 13.1. The molecule has 0 spiro atoms. The number of carbonyl (C=O) groups is 1. The Morgan fingerprint density at radius 1 is 1.11 bits per heavy atom. The second-order valence-electron chi connectivity index (χ2n) is 5.96. The van der Waals surface area contributed by atoms with E-state index in [1.54, 1.807) is 18.2 Å². The number of methoxy groups -OCH3 is 1. The highest BCUT2D eigenvalue weighted by Gasteiger charge is 2.14. The summed E-state index contributed by atoms with van der Waals surface area (Å²) < 4.78 is 6.64. The first kappa shape index (κ1) is 18.4. The molecular formula is C21H21N3O3. The van der Waals surface area contributed by atoms with Crippen LogP contribution in [0.3, 0.4) is 0 Å². The van der Waals surface area contributed by atoms with Crippen LogP contribution in [-0.4, -0.2) is 22.6 Å². The lowest BCUT2D eigenvalue weighted by Crippen LogP contribution is -2.30. The van der Waals surface area contributed by atoms with Crippen LogP contribution in [0.5, 0.6) is 5.75 Å². The van der Waals surface area contributed by atoms with Crippen molar-refractivity contribution in [2.45, 2.75) is 19.9 Å². The summed E-state index contributed by atoms with van der Waals surface area (Å²) >= 11 is 0. The molecular weight excluding hydrogens is 342 g/mol. The predicted octanol–water partition coefficient (Wildman–Crippen LogP) is 3.12. The van der Waals surface area contributed by atoms with Gasteiger partial charge in [0.1, 0.15) is 18.1 Å². The van der Waals surface area contributed by atoms with E-state index in [0.29, 0.717) is 29.4 Å². The number of benzene rings is 2. The number of carbonyl (C=O) groups excluding carboxylic acids is 1. The molecule has 0 saturated carbocycles. The lowest BCUT2D eigenvalue weighted by Gasteiger charge is -2.14. The standard InChI is InChI=1S/C21H21N3O3/c1-3-16-13-20(26)24(21(22-16)15-9-5-4-6-10-15)14-19(25)23-17-11-7-8-12-18(17)27-2/h4-13H,3,14H2,1-2H3,(H,23,25). The Hall–Kier alpha value is -3.41. The van der Waals surface area contributed by atoms with Crippen molar-refractivity contribution >= 4 is 11.6 Å². The maximum atomic E-state index is 12.6. The molecule has 0 radical (unpaired) electrons. The van der Waals surface area contributed by atoms with Crippen molar-refractivity contribution in [1.82, 2.24) is 9.55 Å². The number of nitrogens with one attached hydrogen (secondary N) is 1. The van der Waals surface area contributed by atoms with Crippen LogP contribution in [0.4, 0.5) is 5.69 Å². The Morgan fingerprint density at radius 3 is 2.52 bits per heavy atom. The minimum Gasteiger partial charge on any atom is -0.495 e. The van der Waals surface area contributed by atoms with Crippen LogP contribution in [0.2, 0.25) is 0 Å². The predicted molar refractivity (Wildman–Crippen MR) is 105 cm³/mol. The minimum absolute atomic E-state index is 0.141. The third-order valence-corrected chi connectivity index (χ3v) is 4.14. The van der Waals surface area contributed by atoms with Crippen LogP contribution in [0.1, 0.15) is 12.6 Å². The first-order valence-corrected chi connectivity index (χ1v) is 8.71. The summed E-state index contributed by atoms with van der Waals surface area (Å²) in [6.07, 6.45) is 0.642. The number of aryl methyl sites for hydroxylation is 1. The zero-order valence-corrected chi connectivity index (χ0v) is 15.3. The van der Waals surface area contributed by atoms with Crippen molar-refractivity contribution in [2.75, 3.05) is 12.4 Å². The van der Waals surface area contributed by atoms with Gasteiger partial charge in [-0.15, -0.1) is 0 Å². The molecule has 0 bridgehead atoms. The molecule has 0 aliphatic heterocycles. The minimum atomic E-state index is -0.329. The molecule has 1 amide bonds. The summed E-state index contributed by atoms with van der Waals surface area (Å²) in [5, 5.41) is 2.79. The summed E-state index contributed by atoms with van der Waals surface area (Å²) in [5.74, 6) is 0.709. The van der Waals surface area contributed by atoms with Gasteiger partial charge in [-0.25, -0.2) is 4.98 Å². The molecule has 138 valence electrons. The Kier molecular flexibility index (Phi) is 5.66. The van der Waals surface area contributed by atoms with Crippen LogP contribution in [0.15, 0.2) is 65.5 Å². The van der Waals surface area contributed by atoms with Gasteiger partial charge in [0, 0.05) is 17.3 Å². The largest absolute Gasteiger partial charge is 0.495 e. The summed E-state index contributed by atoms with van der Waals surface area (Å²) in [6, 6.07) is 18.0. The fraction of sp³-hybridized carbons (Fsp3) is 0.190. The summed E-state index contributed by atoms with van der Waals surface area (Å²) in [6.45, 7) is 1.80. The quantitative estimate of drug-likeness (QED) is 0.730. The summed E-state index contributed by atoms with van der Waals surface area (Å²) in [5.41, 5.74) is 1.78. The van der Waals surface area contributed by atoms with E-state index < -0.39 is 0 Å². The molecule has 0 saturated heterocycles. The Balaban J connectivity index is 1.94. The number of aromatic nitrogens is 2. The number of amides is 1. The van der Waals surface area contributed by atoms with E-state index in [1.807, 2.05) is 43.3 Å². The zero-order valence-electron chi connectivity index (χ0n) is 15.3. The number of hydrogen-bond acceptors (Lipinski definition) is 4. The molecule has 6 nitrogen and oxygen atoms in total. The molecule has 0 fully saturated rings. The van der Waals surface area contributed by atoms with Crippen molar-refractivity contribution in [2.24, 2.45) is 0 Å². The monoisotopic (exact) mass is 363 g/mol. The molecule has 0 aliphatic rings. The van der Waals surface area contributed by atoms with Gasteiger partial charge in [-0.2, -0.15) is 0 Å². The molecule has 6 heteroatoms. The fourth-order valence-corrected chi connectivity index (χ4v) is 2.78. The van der Waals surface area contributed by atoms with E-state index in [2.05, 4.69) is 10.3 Å². The van der Waals surface area contributed by atoms with E-state index in [-0.39, 0.29) is 18.0 Å². The molecule has 1 aromatic heterocycles. The van der Waals surface area contributed by atoms with Crippen molar-refractivity contribution in [3.05, 3.63) is 76.7 Å². The SMILES string of the molecule is CCc1cc(=O)n(CC(=O)Nc2ccccc2OC)c(-c2ccccc2)n1. The third kappa shape index (κ3) is 4.23. The number of anilines is 1. The smallest absolute Gasteiger partial charge is 0.254 e. The van der Waals surface area contributed by atoms with E-state index in [1.165, 1.54) is 17.7 Å². The van der Waals surface area contributed by atoms with Gasteiger partial charge < -0.3 is 10.1 Å². The van der Waals surface area contributed by atoms with Gasteiger partial charge in [0.2, 0.25) is 5.91 Å². The van der Waals surface area contributed by atoms with E-state index >= 15 is 0 Å². The van der Waals surface area contributed by atoms with Crippen molar-refractivity contribution < 1.29 is 9.53 Å². The van der Waals surface area contributed by atoms with Crippen LogP contribution in [0, 0.1) is 0 Å². The second-order valence-corrected chi connectivity index (χ2v) is 5.96. The molecule has 3 aromatic rings. The molecule has 0 unspecified atom stereocenters. The molecule has 1 N–H and O–H groups in total. The van der Waals surface area contributed by atoms with Crippen molar-refractivity contribution in [1.29, 1.82) is 0 Å². The topological polar surface area (TPSA) is 73.2 Å². The molecule has 27 heavy (non-hydrogen) atoms. The average Bonchev–Trinajstić information content (AvgIpc) is 2.70. The van der Waals surface area contributed by atoms with Crippen LogP contribution in [-0.2, 0) is 17.8 Å². The van der Waals surface area contributed by atoms with Gasteiger partial charge in [-0.3, -0.25) is 14.2 Å². The van der Waals surface area contributed by atoms with Gasteiger partial charge in [0.25, 0.3) is 5.56 Å². The molecule has 3 rings (SSSR count). The van der Waals surface area contributed by atoms with E-state index in [4.69, 9.17) is 4.74 Å². The second kappa shape index (κ2) is 8.31. The number of hydrogen-bond donors (Lipinski definition) is 1. The van der Waals surface area contributed by atoms with E-state index in [9.17, 15) is 9.59 Å². The first-order valence-electron chi connectivity index (χ1n) is 8.71. The maximum absolute atomic E-state index is 12.6. The number of rotatable bonds is 6. The van der Waals surface area contributed by atoms with E-state index in [0.717, 1.165) is 5.56 Å². The lowest BCUT2D eigenvalue weighted by molar-refractivity contribution is -0.116. The summed E-state index contributed by atoms with van der Waals surface area (Å²) in [4.78, 5) is 29.8. The third-order valence-electron chi connectivity index (χ3n) is 4.14. The highest BCUT2D eigenvalue weighted by atomic mass is 16.5. The van der Waals surface area contributed by atoms with Gasteiger partial charge in [-0.05, 0) is 18.6 Å². The van der Waals surface area contributed by atoms with Crippen molar-refractivity contribution in [3.63, 3.8) is 0 Å². The molecule has 0 atom stereocenters. The molecule has 0 aliphatic carbocycles. The van der Waals surface area contributed by atoms with Gasteiger partial charge in [0.05, 0.1) is 12.8 Å². The Morgan fingerprint density at radius 2 is 1.81 bits per heavy atom. The zero-order chi connectivity index (χ0) is 19.2. The lowest BCUT2D eigenvalue weighted by atomic mass is 10.2. The maximum Gasteiger partial charge on any atom is 0.254 e. The molecule has 2 aromatic carbocycles. The summed E-state index contributed by atoms with van der Waals surface area (Å²) in [7, 11) is 1.54. The normalized spacial score (nSPS) is 10.4. The van der Waals surface area contributed by atoms with Gasteiger partial charge >= 0.3 is 0 Å². The fourth-order valence-electron chi connectivity index (χ4n) is 2.78. The van der Waals surface area contributed by atoms with Crippen LogP contribution in [0.25, 0.3) is 11.4 Å². The number of ether oxygens (including phenoxy) is 1. The number of nitrogens with zero attached hydrogens (tertiary/aromatic N) is 2. The Bertz CT molecular complexity index is 997. The van der Waals surface area contributed by atoms with Crippen LogP contribution < -0.4 is 15.6 Å². The highest BCUT2D eigenvalue weighted by Crippen LogP contribution is 2.23. The Labute approximate surface area is 157 Å². The van der Waals surface area contributed by atoms with Gasteiger partial charge in [-0.1, -0.05) is 49.4 Å². The van der Waals surface area contributed by atoms with Crippen molar-refractivity contribution in [3.8, 4) is 17.1 Å². The highest BCUT2D eigenvalue weighted by molar-refractivity contribution is 5.92. The average molecular weight is 363 g/mol. The number of para-hydroxylation sites is 2. The van der Waals surface area contributed by atoms with Gasteiger partial charge in [0.15, 0.2) is 0 Å².